The Bertz CT molecular complexity index is 783. The zero-order valence-corrected chi connectivity index (χ0v) is 14.3. The van der Waals surface area contributed by atoms with Gasteiger partial charge >= 0.3 is 0 Å². The highest BCUT2D eigenvalue weighted by atomic mass is 79.9. The van der Waals surface area contributed by atoms with Crippen LogP contribution in [0.4, 0.5) is 4.39 Å². The number of halogens is 3. The fourth-order valence-corrected chi connectivity index (χ4v) is 4.37. The monoisotopic (exact) mass is 383 g/mol. The van der Waals surface area contributed by atoms with Crippen molar-refractivity contribution < 1.29 is 4.39 Å². The van der Waals surface area contributed by atoms with E-state index in [1.807, 2.05) is 37.4 Å². The van der Waals surface area contributed by atoms with E-state index in [1.165, 1.54) is 6.07 Å². The van der Waals surface area contributed by atoms with Crippen LogP contribution < -0.4 is 5.32 Å². The fourth-order valence-electron chi connectivity index (χ4n) is 2.49. The Morgan fingerprint density at radius 3 is 2.52 bits per heavy atom. The summed E-state index contributed by atoms with van der Waals surface area (Å²) in [6.45, 7) is 0. The van der Waals surface area contributed by atoms with Crippen molar-refractivity contribution in [1.29, 1.82) is 0 Å². The number of nitrogens with one attached hydrogen (secondary N) is 1. The van der Waals surface area contributed by atoms with Crippen LogP contribution >= 0.6 is 38.9 Å². The molecule has 1 aromatic heterocycles. The minimum Gasteiger partial charge on any atom is -0.309 e. The maximum atomic E-state index is 14.0. The van der Waals surface area contributed by atoms with Crippen molar-refractivity contribution in [2.45, 2.75) is 6.04 Å². The molecule has 0 saturated heterocycles. The Kier molecular flexibility index (Phi) is 4.31. The number of thiophene rings is 1. The summed E-state index contributed by atoms with van der Waals surface area (Å²) >= 11 is 11.2. The maximum Gasteiger partial charge on any atom is 0.131 e. The van der Waals surface area contributed by atoms with E-state index in [9.17, 15) is 4.39 Å². The minimum atomic E-state index is -0.199. The molecular formula is C16H12BrClFNS. The zero-order chi connectivity index (χ0) is 15.0. The largest absolute Gasteiger partial charge is 0.309 e. The van der Waals surface area contributed by atoms with Crippen LogP contribution in [-0.2, 0) is 0 Å². The predicted octanol–water partition coefficient (Wildman–Crippen LogP) is 5.77. The lowest BCUT2D eigenvalue weighted by atomic mass is 9.97. The number of benzene rings is 2. The minimum absolute atomic E-state index is 0.0238. The van der Waals surface area contributed by atoms with E-state index in [0.29, 0.717) is 10.4 Å². The molecular weight excluding hydrogens is 373 g/mol. The van der Waals surface area contributed by atoms with Crippen LogP contribution in [0.15, 0.2) is 46.3 Å². The molecule has 1 nitrogen and oxygen atoms in total. The molecule has 0 spiro atoms. The number of rotatable bonds is 3. The van der Waals surface area contributed by atoms with Crippen molar-refractivity contribution >= 4 is 49.6 Å². The lowest BCUT2D eigenvalue weighted by Gasteiger charge is -2.17. The molecule has 1 unspecified atom stereocenters. The van der Waals surface area contributed by atoms with Gasteiger partial charge in [0.1, 0.15) is 5.82 Å². The van der Waals surface area contributed by atoms with Gasteiger partial charge in [-0.1, -0.05) is 41.9 Å². The molecule has 108 valence electrons. The van der Waals surface area contributed by atoms with E-state index in [0.717, 1.165) is 19.6 Å². The van der Waals surface area contributed by atoms with Gasteiger partial charge in [0.25, 0.3) is 0 Å². The third kappa shape index (κ3) is 2.73. The Balaban J connectivity index is 2.20. The molecule has 0 radical (unpaired) electrons. The molecule has 1 N–H and O–H groups in total. The van der Waals surface area contributed by atoms with Crippen LogP contribution in [0.25, 0.3) is 10.8 Å². The average Bonchev–Trinajstić information content (AvgIpc) is 2.82. The van der Waals surface area contributed by atoms with E-state index in [2.05, 4.69) is 21.2 Å². The van der Waals surface area contributed by atoms with Gasteiger partial charge in [0.05, 0.1) is 14.9 Å². The Morgan fingerprint density at radius 1 is 1.19 bits per heavy atom. The van der Waals surface area contributed by atoms with Crippen LogP contribution in [0.3, 0.4) is 0 Å². The molecule has 1 heterocycles. The molecule has 3 rings (SSSR count). The first-order chi connectivity index (χ1) is 10.1. The molecule has 1 atom stereocenters. The van der Waals surface area contributed by atoms with Gasteiger partial charge in [0, 0.05) is 10.3 Å². The number of fused-ring (bicyclic) bond motifs is 1. The topological polar surface area (TPSA) is 12.0 Å². The third-order valence-electron chi connectivity index (χ3n) is 3.45. The van der Waals surface area contributed by atoms with Crippen LogP contribution in [0.1, 0.15) is 16.5 Å². The van der Waals surface area contributed by atoms with Gasteiger partial charge < -0.3 is 5.32 Å². The highest BCUT2D eigenvalue weighted by molar-refractivity contribution is 9.11. The van der Waals surface area contributed by atoms with Crippen molar-refractivity contribution in [2.24, 2.45) is 0 Å². The molecule has 0 saturated carbocycles. The second kappa shape index (κ2) is 6.05. The first kappa shape index (κ1) is 15.0. The van der Waals surface area contributed by atoms with Crippen molar-refractivity contribution in [1.82, 2.24) is 5.32 Å². The van der Waals surface area contributed by atoms with Crippen molar-refractivity contribution in [3.05, 3.63) is 67.5 Å². The highest BCUT2D eigenvalue weighted by Crippen LogP contribution is 2.39. The Hall–Kier alpha value is -0.940. The van der Waals surface area contributed by atoms with E-state index in [1.54, 1.807) is 17.4 Å². The molecule has 21 heavy (non-hydrogen) atoms. The van der Waals surface area contributed by atoms with Gasteiger partial charge in [0.15, 0.2) is 0 Å². The zero-order valence-electron chi connectivity index (χ0n) is 11.2. The first-order valence-electron chi connectivity index (χ1n) is 6.41. The van der Waals surface area contributed by atoms with Crippen LogP contribution in [-0.4, -0.2) is 7.05 Å². The summed E-state index contributed by atoms with van der Waals surface area (Å²) in [5.74, 6) is -0.199. The second-order valence-electron chi connectivity index (χ2n) is 4.67. The molecule has 0 fully saturated rings. The number of hydrogen-bond acceptors (Lipinski definition) is 2. The van der Waals surface area contributed by atoms with Crippen molar-refractivity contribution in [3.63, 3.8) is 0 Å². The van der Waals surface area contributed by atoms with Gasteiger partial charge in [-0.2, -0.15) is 0 Å². The van der Waals surface area contributed by atoms with E-state index < -0.39 is 0 Å². The molecule has 0 amide bonds. The van der Waals surface area contributed by atoms with E-state index in [-0.39, 0.29) is 11.9 Å². The molecule has 3 aromatic rings. The van der Waals surface area contributed by atoms with E-state index in [4.69, 9.17) is 11.6 Å². The smallest absolute Gasteiger partial charge is 0.131 e. The molecule has 0 aliphatic rings. The highest BCUT2D eigenvalue weighted by Gasteiger charge is 2.19. The van der Waals surface area contributed by atoms with Gasteiger partial charge in [-0.05, 0) is 46.1 Å². The van der Waals surface area contributed by atoms with E-state index >= 15 is 0 Å². The molecule has 2 aromatic carbocycles. The van der Waals surface area contributed by atoms with Crippen molar-refractivity contribution in [3.8, 4) is 0 Å². The number of hydrogen-bond donors (Lipinski definition) is 1. The maximum absolute atomic E-state index is 14.0. The SMILES string of the molecule is CNC(c1cc(Cl)c(Br)s1)c1ccc(F)c2ccccc12. The lowest BCUT2D eigenvalue weighted by Crippen LogP contribution is -2.17. The van der Waals surface area contributed by atoms with Crippen LogP contribution in [0.2, 0.25) is 5.02 Å². The summed E-state index contributed by atoms with van der Waals surface area (Å²) in [6.07, 6.45) is 0. The fraction of sp³-hybridized carbons (Fsp3) is 0.125. The van der Waals surface area contributed by atoms with Crippen molar-refractivity contribution in [2.75, 3.05) is 7.05 Å². The molecule has 5 heteroatoms. The Labute approximate surface area is 139 Å². The lowest BCUT2D eigenvalue weighted by molar-refractivity contribution is 0.637. The predicted molar refractivity (Wildman–Crippen MR) is 91.8 cm³/mol. The first-order valence-corrected chi connectivity index (χ1v) is 8.39. The summed E-state index contributed by atoms with van der Waals surface area (Å²) in [7, 11) is 1.89. The van der Waals surface area contributed by atoms with Crippen LogP contribution in [0.5, 0.6) is 0 Å². The van der Waals surface area contributed by atoms with Gasteiger partial charge in [-0.15, -0.1) is 11.3 Å². The summed E-state index contributed by atoms with van der Waals surface area (Å²) < 4.78 is 14.9. The molecule has 0 aliphatic carbocycles. The summed E-state index contributed by atoms with van der Waals surface area (Å²) in [5.41, 5.74) is 1.04. The molecule has 0 aliphatic heterocycles. The third-order valence-corrected chi connectivity index (χ3v) is 5.99. The summed E-state index contributed by atoms with van der Waals surface area (Å²) in [6, 6.07) is 12.8. The summed E-state index contributed by atoms with van der Waals surface area (Å²) in [4.78, 5) is 1.09. The van der Waals surface area contributed by atoms with Crippen LogP contribution in [0, 0.1) is 5.82 Å². The average molecular weight is 385 g/mol. The standard InChI is InChI=1S/C16H12BrClFNS/c1-20-15(14-8-12(18)16(17)21-14)11-6-7-13(19)10-5-3-2-4-9(10)11/h2-8,15,20H,1H3. The summed E-state index contributed by atoms with van der Waals surface area (Å²) in [5, 5.41) is 5.54. The second-order valence-corrected chi connectivity index (χ2v) is 7.48. The quantitative estimate of drug-likeness (QED) is 0.605. The van der Waals surface area contributed by atoms with Gasteiger partial charge in [-0.3, -0.25) is 0 Å². The Morgan fingerprint density at radius 2 is 1.90 bits per heavy atom. The normalized spacial score (nSPS) is 12.8. The van der Waals surface area contributed by atoms with Gasteiger partial charge in [-0.25, -0.2) is 4.39 Å². The van der Waals surface area contributed by atoms with Gasteiger partial charge in [0.2, 0.25) is 0 Å². The molecule has 0 bridgehead atoms.